The number of benzene rings is 1. The fraction of sp³-hybridized carbons (Fsp3) is 0.429. The van der Waals surface area contributed by atoms with Gasteiger partial charge in [-0.15, -0.1) is 0 Å². The highest BCUT2D eigenvalue weighted by molar-refractivity contribution is 7.18. The number of aliphatic hydroxyl groups excluding tert-OH is 1. The van der Waals surface area contributed by atoms with Crippen LogP contribution in [0.1, 0.15) is 31.1 Å². The maximum Gasteiger partial charge on any atom is 0.281 e. The Kier molecular flexibility index (Phi) is 5.45. The third kappa shape index (κ3) is 5.25. The zero-order chi connectivity index (χ0) is 14.6. The first kappa shape index (κ1) is 16.1. The van der Waals surface area contributed by atoms with Crippen molar-refractivity contribution in [1.29, 1.82) is 0 Å². The summed E-state index contributed by atoms with van der Waals surface area (Å²) in [5, 5.41) is 9.40. The quantitative estimate of drug-likeness (QED) is 0.837. The third-order valence-corrected chi connectivity index (χ3v) is 3.29. The number of rotatable bonds is 5. The maximum atomic E-state index is 13.0. The van der Waals surface area contributed by atoms with Gasteiger partial charge in [0.15, 0.2) is 0 Å². The summed E-state index contributed by atoms with van der Waals surface area (Å²) in [6, 6.07) is 7.46. The van der Waals surface area contributed by atoms with Gasteiger partial charge in [-0.25, -0.2) is 0 Å². The summed E-state index contributed by atoms with van der Waals surface area (Å²) < 4.78 is 26.0. The van der Waals surface area contributed by atoms with E-state index in [-0.39, 0.29) is 5.57 Å². The van der Waals surface area contributed by atoms with Gasteiger partial charge in [-0.2, -0.15) is 8.78 Å². The van der Waals surface area contributed by atoms with Gasteiger partial charge in [0.2, 0.25) is 0 Å². The molecule has 2 nitrogen and oxygen atoms in total. The predicted molar refractivity (Wildman–Crippen MR) is 77.0 cm³/mol. The monoisotopic (exact) mass is 287 g/mol. The number of hydrogen-bond donors (Lipinski definition) is 1. The van der Waals surface area contributed by atoms with Gasteiger partial charge in [0.05, 0.1) is 6.10 Å². The number of aliphatic hydroxyl groups is 1. The van der Waals surface area contributed by atoms with Crippen molar-refractivity contribution in [3.8, 4) is 0 Å². The Hall–Kier alpha value is -0.990. The maximum absolute atomic E-state index is 13.0. The number of allylic oxidation sites excluding steroid dienone is 1. The Balaban J connectivity index is 2.70. The van der Waals surface area contributed by atoms with Crippen molar-refractivity contribution in [2.45, 2.75) is 32.2 Å². The first-order valence-electron chi connectivity index (χ1n) is 6.03. The van der Waals surface area contributed by atoms with Gasteiger partial charge in [-0.1, -0.05) is 33.5 Å². The Morgan fingerprint density at radius 2 is 1.95 bits per heavy atom. The molecule has 106 valence electrons. The van der Waals surface area contributed by atoms with Crippen LogP contribution in [0.25, 0.3) is 0 Å². The van der Waals surface area contributed by atoms with Gasteiger partial charge in [0.1, 0.15) is 0 Å². The molecule has 1 N–H and O–H groups in total. The fourth-order valence-corrected chi connectivity index (χ4v) is 1.73. The molecular weight excluding hydrogens is 267 g/mol. The molecule has 1 aromatic rings. The lowest BCUT2D eigenvalue weighted by atomic mass is 10.1. The van der Waals surface area contributed by atoms with Gasteiger partial charge in [0.25, 0.3) is 5.66 Å². The first-order valence-corrected chi connectivity index (χ1v) is 6.60. The Bertz CT molecular complexity index is 438. The van der Waals surface area contributed by atoms with Crippen LogP contribution in [0.3, 0.4) is 0 Å². The van der Waals surface area contributed by atoms with Gasteiger partial charge in [0, 0.05) is 25.4 Å². The highest BCUT2D eigenvalue weighted by Crippen LogP contribution is 2.30. The molecule has 0 fully saturated rings. The molecule has 1 aromatic carbocycles. The minimum absolute atomic E-state index is 0.000556. The summed E-state index contributed by atoms with van der Waals surface area (Å²) in [4.78, 5) is 1.71. The molecule has 0 amide bonds. The summed E-state index contributed by atoms with van der Waals surface area (Å²) in [6.07, 6.45) is 0.944. The lowest BCUT2D eigenvalue weighted by Crippen LogP contribution is -2.15. The van der Waals surface area contributed by atoms with E-state index < -0.39 is 11.8 Å². The van der Waals surface area contributed by atoms with Crippen LogP contribution in [0, 0.1) is 0 Å². The van der Waals surface area contributed by atoms with E-state index in [2.05, 4.69) is 0 Å². The summed E-state index contributed by atoms with van der Waals surface area (Å²) in [7, 11) is 3.28. The van der Waals surface area contributed by atoms with E-state index in [1.54, 1.807) is 18.9 Å². The fourth-order valence-electron chi connectivity index (χ4n) is 1.65. The Morgan fingerprint density at radius 1 is 1.42 bits per heavy atom. The van der Waals surface area contributed by atoms with Crippen molar-refractivity contribution >= 4 is 9.24 Å². The van der Waals surface area contributed by atoms with E-state index in [4.69, 9.17) is 0 Å². The van der Waals surface area contributed by atoms with Crippen LogP contribution in [-0.2, 0) is 6.54 Å². The smallest absolute Gasteiger partial charge is 0.281 e. The number of hydrogen-bond acceptors (Lipinski definition) is 2. The van der Waals surface area contributed by atoms with E-state index in [0.717, 1.165) is 11.1 Å². The van der Waals surface area contributed by atoms with E-state index in [9.17, 15) is 13.9 Å². The Morgan fingerprint density at radius 3 is 2.37 bits per heavy atom. The van der Waals surface area contributed by atoms with Crippen molar-refractivity contribution in [3.05, 3.63) is 47.2 Å². The van der Waals surface area contributed by atoms with E-state index in [1.165, 1.54) is 22.4 Å². The molecule has 2 atom stereocenters. The van der Waals surface area contributed by atoms with E-state index in [1.807, 2.05) is 24.3 Å². The summed E-state index contributed by atoms with van der Waals surface area (Å²) in [5.41, 5.74) is -1.03. The molecule has 2 unspecified atom stereocenters. The summed E-state index contributed by atoms with van der Waals surface area (Å²) >= 11 is 0. The summed E-state index contributed by atoms with van der Waals surface area (Å²) in [6.45, 7) is 3.65. The van der Waals surface area contributed by atoms with Gasteiger partial charge < -0.3 is 10.0 Å². The number of alkyl halides is 2. The molecule has 0 aliphatic heterocycles. The second-order valence-electron chi connectivity index (χ2n) is 4.77. The number of nitrogens with zero attached hydrogens (tertiary/aromatic N) is 1. The SMILES string of the molecule is C/C(=C\N(C)Cc1ccc(C(C)O)cc1)C(F)(F)P. The van der Waals surface area contributed by atoms with Crippen LogP contribution in [-0.4, -0.2) is 22.7 Å². The average Bonchev–Trinajstić information content (AvgIpc) is 2.28. The zero-order valence-electron chi connectivity index (χ0n) is 11.4. The zero-order valence-corrected chi connectivity index (χ0v) is 12.6. The predicted octanol–water partition coefficient (Wildman–Crippen LogP) is 3.54. The second kappa shape index (κ2) is 6.44. The largest absolute Gasteiger partial charge is 0.389 e. The average molecular weight is 287 g/mol. The van der Waals surface area contributed by atoms with Crippen molar-refractivity contribution in [3.63, 3.8) is 0 Å². The lowest BCUT2D eigenvalue weighted by Gasteiger charge is -2.18. The van der Waals surface area contributed by atoms with Crippen LogP contribution >= 0.6 is 9.24 Å². The van der Waals surface area contributed by atoms with Gasteiger partial charge in [-0.3, -0.25) is 0 Å². The standard InChI is InChI=1S/C14H20F2NOP/c1-10(14(15,16)19)8-17(3)9-12-4-6-13(7-5-12)11(2)18/h4-8,11,18H,9,19H2,1-3H3/b10-8+. The van der Waals surface area contributed by atoms with Gasteiger partial charge >= 0.3 is 0 Å². The molecule has 1 rings (SSSR count). The second-order valence-corrected chi connectivity index (χ2v) is 5.49. The molecular formula is C14H20F2NOP. The molecule has 0 aliphatic rings. The van der Waals surface area contributed by atoms with Crippen molar-refractivity contribution in [1.82, 2.24) is 4.90 Å². The van der Waals surface area contributed by atoms with Crippen LogP contribution in [0.5, 0.6) is 0 Å². The van der Waals surface area contributed by atoms with Crippen molar-refractivity contribution in [2.24, 2.45) is 0 Å². The van der Waals surface area contributed by atoms with Crippen LogP contribution in [0.4, 0.5) is 8.78 Å². The van der Waals surface area contributed by atoms with E-state index >= 15 is 0 Å². The minimum Gasteiger partial charge on any atom is -0.389 e. The highest BCUT2D eigenvalue weighted by atomic mass is 31.0. The lowest BCUT2D eigenvalue weighted by molar-refractivity contribution is 0.144. The molecule has 19 heavy (non-hydrogen) atoms. The van der Waals surface area contributed by atoms with Crippen LogP contribution in [0.15, 0.2) is 36.0 Å². The van der Waals surface area contributed by atoms with Gasteiger partial charge in [-0.05, 0) is 25.0 Å². The normalized spacial score (nSPS) is 14.4. The molecule has 0 heterocycles. The van der Waals surface area contributed by atoms with Crippen LogP contribution in [0.2, 0.25) is 0 Å². The molecule has 0 aromatic heterocycles. The molecule has 0 radical (unpaired) electrons. The number of halogens is 2. The Labute approximate surface area is 115 Å². The summed E-state index contributed by atoms with van der Waals surface area (Å²) in [5.74, 6) is 0. The van der Waals surface area contributed by atoms with Crippen molar-refractivity contribution in [2.75, 3.05) is 7.05 Å². The molecule has 0 saturated carbocycles. The van der Waals surface area contributed by atoms with E-state index in [0.29, 0.717) is 6.54 Å². The minimum atomic E-state index is -2.87. The van der Waals surface area contributed by atoms with Crippen LogP contribution < -0.4 is 0 Å². The van der Waals surface area contributed by atoms with Crippen molar-refractivity contribution < 1.29 is 13.9 Å². The molecule has 0 aliphatic carbocycles. The molecule has 0 saturated heterocycles. The topological polar surface area (TPSA) is 23.5 Å². The third-order valence-electron chi connectivity index (χ3n) is 2.83. The highest BCUT2D eigenvalue weighted by Gasteiger charge is 2.24. The first-order chi connectivity index (χ1) is 8.70. The molecule has 0 spiro atoms. The molecule has 5 heteroatoms. The molecule has 0 bridgehead atoms.